The van der Waals surface area contributed by atoms with Crippen LogP contribution in [0.3, 0.4) is 0 Å². The number of amides is 1. The minimum atomic E-state index is -4.61. The number of anilines is 1. The maximum atomic E-state index is 13.0. The molecular formula is C14H18F3N3O. The number of alkyl halides is 3. The van der Waals surface area contributed by atoms with Gasteiger partial charge in [0.2, 0.25) is 5.91 Å². The van der Waals surface area contributed by atoms with Gasteiger partial charge in [-0.2, -0.15) is 13.2 Å². The molecule has 1 aliphatic heterocycles. The van der Waals surface area contributed by atoms with E-state index in [1.165, 1.54) is 6.07 Å². The van der Waals surface area contributed by atoms with Crippen molar-refractivity contribution in [3.8, 4) is 0 Å². The SMILES string of the molecule is CC1CC(Nc2ccc(C(N)=O)c(C(F)(F)F)c2)CCN1. The van der Waals surface area contributed by atoms with E-state index in [2.05, 4.69) is 10.6 Å². The van der Waals surface area contributed by atoms with Crippen molar-refractivity contribution < 1.29 is 18.0 Å². The number of hydrogen-bond donors (Lipinski definition) is 3. The Morgan fingerprint density at radius 1 is 1.43 bits per heavy atom. The maximum Gasteiger partial charge on any atom is 0.417 e. The quantitative estimate of drug-likeness (QED) is 0.803. The lowest BCUT2D eigenvalue weighted by atomic mass is 9.99. The molecule has 0 bridgehead atoms. The predicted octanol–water partition coefficient (Wildman–Crippen LogP) is 2.36. The second-order valence-electron chi connectivity index (χ2n) is 5.34. The zero-order chi connectivity index (χ0) is 15.6. The molecule has 116 valence electrons. The summed E-state index contributed by atoms with van der Waals surface area (Å²) >= 11 is 0. The Morgan fingerprint density at radius 3 is 2.71 bits per heavy atom. The molecule has 2 rings (SSSR count). The molecule has 0 saturated carbocycles. The summed E-state index contributed by atoms with van der Waals surface area (Å²) in [6.45, 7) is 2.86. The first kappa shape index (κ1) is 15.6. The fraction of sp³-hybridized carbons (Fsp3) is 0.500. The van der Waals surface area contributed by atoms with E-state index in [0.717, 1.165) is 31.5 Å². The van der Waals surface area contributed by atoms with E-state index in [1.54, 1.807) is 0 Å². The van der Waals surface area contributed by atoms with E-state index in [-0.39, 0.29) is 6.04 Å². The van der Waals surface area contributed by atoms with Crippen molar-refractivity contribution in [2.75, 3.05) is 11.9 Å². The smallest absolute Gasteiger partial charge is 0.382 e. The number of primary amides is 1. The first-order valence-corrected chi connectivity index (χ1v) is 6.78. The van der Waals surface area contributed by atoms with E-state index >= 15 is 0 Å². The molecule has 7 heteroatoms. The van der Waals surface area contributed by atoms with Crippen molar-refractivity contribution in [2.24, 2.45) is 5.73 Å². The van der Waals surface area contributed by atoms with Crippen LogP contribution in [-0.2, 0) is 6.18 Å². The van der Waals surface area contributed by atoms with Gasteiger partial charge in [-0.15, -0.1) is 0 Å². The van der Waals surface area contributed by atoms with E-state index in [0.29, 0.717) is 11.7 Å². The molecule has 2 atom stereocenters. The van der Waals surface area contributed by atoms with E-state index < -0.39 is 23.2 Å². The standard InChI is InChI=1S/C14H18F3N3O/c1-8-6-10(4-5-19-8)20-9-2-3-11(13(18)21)12(7-9)14(15,16)17/h2-3,7-8,10,19-20H,4-6H2,1H3,(H2,18,21). The molecule has 0 spiro atoms. The number of hydrogen-bond acceptors (Lipinski definition) is 3. The van der Waals surface area contributed by atoms with Gasteiger partial charge < -0.3 is 16.4 Å². The van der Waals surface area contributed by atoms with Crippen LogP contribution in [0, 0.1) is 0 Å². The lowest BCUT2D eigenvalue weighted by Crippen LogP contribution is -2.41. The normalized spacial score (nSPS) is 22.9. The third kappa shape index (κ3) is 3.87. The van der Waals surface area contributed by atoms with Crippen molar-refractivity contribution in [1.82, 2.24) is 5.32 Å². The number of carbonyl (C=O) groups excluding carboxylic acids is 1. The lowest BCUT2D eigenvalue weighted by Gasteiger charge is -2.29. The molecule has 1 saturated heterocycles. The molecule has 21 heavy (non-hydrogen) atoms. The monoisotopic (exact) mass is 301 g/mol. The lowest BCUT2D eigenvalue weighted by molar-refractivity contribution is -0.137. The Bertz CT molecular complexity index is 531. The third-order valence-electron chi connectivity index (χ3n) is 3.58. The van der Waals surface area contributed by atoms with Gasteiger partial charge in [-0.05, 0) is 44.5 Å². The van der Waals surface area contributed by atoms with Crippen LogP contribution in [0.2, 0.25) is 0 Å². The molecule has 1 fully saturated rings. The van der Waals surface area contributed by atoms with Crippen molar-refractivity contribution in [1.29, 1.82) is 0 Å². The summed E-state index contributed by atoms with van der Waals surface area (Å²) in [7, 11) is 0. The highest BCUT2D eigenvalue weighted by molar-refractivity contribution is 5.95. The third-order valence-corrected chi connectivity index (χ3v) is 3.58. The number of nitrogens with one attached hydrogen (secondary N) is 2. The molecule has 2 unspecified atom stereocenters. The van der Waals surface area contributed by atoms with Crippen LogP contribution in [0.25, 0.3) is 0 Å². The Kier molecular flexibility index (Phi) is 4.41. The van der Waals surface area contributed by atoms with Crippen LogP contribution in [0.15, 0.2) is 18.2 Å². The van der Waals surface area contributed by atoms with Crippen LogP contribution in [-0.4, -0.2) is 24.5 Å². The minimum Gasteiger partial charge on any atom is -0.382 e. The van der Waals surface area contributed by atoms with Gasteiger partial charge in [-0.25, -0.2) is 0 Å². The van der Waals surface area contributed by atoms with Gasteiger partial charge in [0.25, 0.3) is 0 Å². The summed E-state index contributed by atoms with van der Waals surface area (Å²) in [5, 5.41) is 6.37. The number of piperidine rings is 1. The van der Waals surface area contributed by atoms with E-state index in [4.69, 9.17) is 5.73 Å². The number of rotatable bonds is 3. The molecule has 0 aromatic heterocycles. The van der Waals surface area contributed by atoms with Crippen LogP contribution < -0.4 is 16.4 Å². The topological polar surface area (TPSA) is 67.1 Å². The molecular weight excluding hydrogens is 283 g/mol. The van der Waals surface area contributed by atoms with Crippen LogP contribution in [0.1, 0.15) is 35.7 Å². The zero-order valence-corrected chi connectivity index (χ0v) is 11.6. The molecule has 1 aromatic rings. The predicted molar refractivity (Wildman–Crippen MR) is 74.1 cm³/mol. The average Bonchev–Trinajstić information content (AvgIpc) is 2.37. The molecule has 1 aliphatic rings. The summed E-state index contributed by atoms with van der Waals surface area (Å²) in [6, 6.07) is 3.97. The number of halogens is 3. The minimum absolute atomic E-state index is 0.113. The first-order chi connectivity index (χ1) is 9.77. The Balaban J connectivity index is 2.23. The van der Waals surface area contributed by atoms with Gasteiger partial charge in [0, 0.05) is 17.8 Å². The van der Waals surface area contributed by atoms with Gasteiger partial charge in [0.1, 0.15) is 0 Å². The highest BCUT2D eigenvalue weighted by Crippen LogP contribution is 2.34. The van der Waals surface area contributed by atoms with E-state index in [9.17, 15) is 18.0 Å². The molecule has 4 nitrogen and oxygen atoms in total. The Morgan fingerprint density at radius 2 is 2.14 bits per heavy atom. The fourth-order valence-corrected chi connectivity index (χ4v) is 2.58. The second-order valence-corrected chi connectivity index (χ2v) is 5.34. The Labute approximate surface area is 120 Å². The summed E-state index contributed by atoms with van der Waals surface area (Å²) in [5.74, 6) is -1.08. The highest BCUT2D eigenvalue weighted by Gasteiger charge is 2.35. The largest absolute Gasteiger partial charge is 0.417 e. The van der Waals surface area contributed by atoms with Crippen molar-refractivity contribution >= 4 is 11.6 Å². The summed E-state index contributed by atoms with van der Waals surface area (Å²) in [6.07, 6.45) is -2.94. The van der Waals surface area contributed by atoms with Crippen LogP contribution in [0.4, 0.5) is 18.9 Å². The van der Waals surface area contributed by atoms with Crippen molar-refractivity contribution in [3.05, 3.63) is 29.3 Å². The number of benzene rings is 1. The van der Waals surface area contributed by atoms with Crippen molar-refractivity contribution in [2.45, 2.75) is 38.0 Å². The molecule has 4 N–H and O–H groups in total. The first-order valence-electron chi connectivity index (χ1n) is 6.78. The number of carbonyl (C=O) groups is 1. The van der Waals surface area contributed by atoms with E-state index in [1.807, 2.05) is 6.92 Å². The van der Waals surface area contributed by atoms with Gasteiger partial charge >= 0.3 is 6.18 Å². The zero-order valence-electron chi connectivity index (χ0n) is 11.6. The van der Waals surface area contributed by atoms with Gasteiger partial charge in [0.05, 0.1) is 11.1 Å². The Hall–Kier alpha value is -1.76. The number of nitrogens with two attached hydrogens (primary N) is 1. The van der Waals surface area contributed by atoms with Gasteiger partial charge in [0.15, 0.2) is 0 Å². The summed E-state index contributed by atoms with van der Waals surface area (Å²) in [5.41, 5.74) is 3.84. The molecule has 0 radical (unpaired) electrons. The van der Waals surface area contributed by atoms with Gasteiger partial charge in [-0.1, -0.05) is 0 Å². The fourth-order valence-electron chi connectivity index (χ4n) is 2.58. The van der Waals surface area contributed by atoms with Crippen LogP contribution >= 0.6 is 0 Å². The highest BCUT2D eigenvalue weighted by atomic mass is 19.4. The van der Waals surface area contributed by atoms with Crippen molar-refractivity contribution in [3.63, 3.8) is 0 Å². The molecule has 1 heterocycles. The summed E-state index contributed by atoms with van der Waals surface area (Å²) in [4.78, 5) is 11.1. The van der Waals surface area contributed by atoms with Gasteiger partial charge in [-0.3, -0.25) is 4.79 Å². The maximum absolute atomic E-state index is 13.0. The molecule has 1 amide bonds. The molecule has 1 aromatic carbocycles. The molecule has 0 aliphatic carbocycles. The summed E-state index contributed by atoms with van der Waals surface area (Å²) < 4.78 is 39.0. The average molecular weight is 301 g/mol. The second kappa shape index (κ2) is 5.93. The van der Waals surface area contributed by atoms with Crippen LogP contribution in [0.5, 0.6) is 0 Å².